The van der Waals surface area contributed by atoms with Crippen molar-refractivity contribution in [2.45, 2.75) is 39.5 Å². The molecule has 2 rings (SSSR count). The summed E-state index contributed by atoms with van der Waals surface area (Å²) in [5, 5.41) is 14.3. The van der Waals surface area contributed by atoms with Crippen LogP contribution in [0.2, 0.25) is 0 Å². The molecule has 0 spiro atoms. The number of rotatable bonds is 6. The van der Waals surface area contributed by atoms with Crippen molar-refractivity contribution in [1.82, 2.24) is 9.78 Å². The number of aromatic hydroxyl groups is 1. The van der Waals surface area contributed by atoms with Crippen LogP contribution in [0.25, 0.3) is 11.3 Å². The predicted molar refractivity (Wildman–Crippen MR) is 83.5 cm³/mol. The SMILES string of the molecule is CCCCCc1ccc(-c2c(O)c(C(C)=O)nn2C)cc1. The smallest absolute Gasteiger partial charge is 0.183 e. The number of aryl methyl sites for hydroxylation is 2. The van der Waals surface area contributed by atoms with Crippen LogP contribution in [0.5, 0.6) is 5.75 Å². The summed E-state index contributed by atoms with van der Waals surface area (Å²) >= 11 is 0. The van der Waals surface area contributed by atoms with Gasteiger partial charge in [0.15, 0.2) is 17.2 Å². The van der Waals surface area contributed by atoms with E-state index in [1.165, 1.54) is 31.7 Å². The zero-order valence-corrected chi connectivity index (χ0v) is 12.9. The van der Waals surface area contributed by atoms with E-state index in [0.29, 0.717) is 5.69 Å². The number of unbranched alkanes of at least 4 members (excludes halogenated alkanes) is 2. The standard InChI is InChI=1S/C17H22N2O2/c1-4-5-6-7-13-8-10-14(11-9-13)16-17(21)15(12(2)20)18-19(16)3/h8-11,21H,4-7H2,1-3H3. The Morgan fingerprint density at radius 3 is 2.43 bits per heavy atom. The van der Waals surface area contributed by atoms with Crippen molar-refractivity contribution in [3.63, 3.8) is 0 Å². The van der Waals surface area contributed by atoms with Gasteiger partial charge >= 0.3 is 0 Å². The van der Waals surface area contributed by atoms with Gasteiger partial charge in [-0.15, -0.1) is 0 Å². The Hall–Kier alpha value is -2.10. The molecule has 1 heterocycles. The van der Waals surface area contributed by atoms with Crippen LogP contribution in [0.15, 0.2) is 24.3 Å². The molecule has 0 bridgehead atoms. The average molecular weight is 286 g/mol. The van der Waals surface area contributed by atoms with Crippen LogP contribution in [-0.4, -0.2) is 20.7 Å². The normalized spacial score (nSPS) is 10.8. The van der Waals surface area contributed by atoms with Gasteiger partial charge in [0.05, 0.1) is 0 Å². The maximum absolute atomic E-state index is 11.4. The van der Waals surface area contributed by atoms with Gasteiger partial charge in [0.25, 0.3) is 0 Å². The fourth-order valence-corrected chi connectivity index (χ4v) is 2.48. The molecule has 0 unspecified atom stereocenters. The summed E-state index contributed by atoms with van der Waals surface area (Å²) in [5.41, 5.74) is 2.87. The van der Waals surface area contributed by atoms with Crippen molar-refractivity contribution < 1.29 is 9.90 Å². The summed E-state index contributed by atoms with van der Waals surface area (Å²) < 4.78 is 1.55. The molecule has 1 N–H and O–H groups in total. The first-order valence-electron chi connectivity index (χ1n) is 7.40. The van der Waals surface area contributed by atoms with E-state index >= 15 is 0 Å². The van der Waals surface area contributed by atoms with Crippen molar-refractivity contribution in [3.05, 3.63) is 35.5 Å². The minimum Gasteiger partial charge on any atom is -0.504 e. The second-order valence-corrected chi connectivity index (χ2v) is 5.38. The third kappa shape index (κ3) is 3.32. The lowest BCUT2D eigenvalue weighted by Gasteiger charge is -2.05. The molecular formula is C17H22N2O2. The highest BCUT2D eigenvalue weighted by Crippen LogP contribution is 2.32. The van der Waals surface area contributed by atoms with Crippen molar-refractivity contribution in [2.75, 3.05) is 0 Å². The Balaban J connectivity index is 2.25. The maximum atomic E-state index is 11.4. The van der Waals surface area contributed by atoms with E-state index in [1.807, 2.05) is 12.1 Å². The first-order valence-corrected chi connectivity index (χ1v) is 7.40. The lowest BCUT2D eigenvalue weighted by Crippen LogP contribution is -1.97. The quantitative estimate of drug-likeness (QED) is 0.650. The molecule has 0 aliphatic heterocycles. The van der Waals surface area contributed by atoms with Gasteiger partial charge in [0.2, 0.25) is 0 Å². The van der Waals surface area contributed by atoms with Crippen LogP contribution in [0, 0.1) is 0 Å². The molecule has 0 atom stereocenters. The van der Waals surface area contributed by atoms with Crippen molar-refractivity contribution in [2.24, 2.45) is 7.05 Å². The Kier molecular flexibility index (Phi) is 4.78. The van der Waals surface area contributed by atoms with Gasteiger partial charge in [-0.2, -0.15) is 5.10 Å². The largest absolute Gasteiger partial charge is 0.504 e. The maximum Gasteiger partial charge on any atom is 0.183 e. The Labute approximate surface area is 125 Å². The van der Waals surface area contributed by atoms with Crippen LogP contribution < -0.4 is 0 Å². The highest BCUT2D eigenvalue weighted by molar-refractivity contribution is 5.97. The van der Waals surface area contributed by atoms with Gasteiger partial charge in [-0.3, -0.25) is 9.48 Å². The number of nitrogens with zero attached hydrogens (tertiary/aromatic N) is 2. The summed E-state index contributed by atoms with van der Waals surface area (Å²) in [5.74, 6) is -0.269. The van der Waals surface area contributed by atoms with Crippen molar-refractivity contribution in [1.29, 1.82) is 0 Å². The van der Waals surface area contributed by atoms with E-state index < -0.39 is 0 Å². The van der Waals surface area contributed by atoms with Gasteiger partial charge in [-0.05, 0) is 18.4 Å². The van der Waals surface area contributed by atoms with Crippen molar-refractivity contribution >= 4 is 5.78 Å². The fourth-order valence-electron chi connectivity index (χ4n) is 2.48. The molecular weight excluding hydrogens is 264 g/mol. The molecule has 0 aliphatic carbocycles. The van der Waals surface area contributed by atoms with Gasteiger partial charge in [-0.1, -0.05) is 44.0 Å². The summed E-state index contributed by atoms with van der Waals surface area (Å²) in [6.07, 6.45) is 4.73. The lowest BCUT2D eigenvalue weighted by molar-refractivity contribution is 0.101. The molecule has 4 nitrogen and oxygen atoms in total. The summed E-state index contributed by atoms with van der Waals surface area (Å²) in [4.78, 5) is 11.4. The molecule has 1 aromatic heterocycles. The summed E-state index contributed by atoms with van der Waals surface area (Å²) in [6, 6.07) is 8.10. The Bertz CT molecular complexity index is 627. The molecule has 21 heavy (non-hydrogen) atoms. The number of benzene rings is 1. The number of Topliss-reactive ketones (excluding diaryl/α,β-unsaturated/α-hetero) is 1. The number of hydrogen-bond donors (Lipinski definition) is 1. The van der Waals surface area contributed by atoms with E-state index in [-0.39, 0.29) is 17.2 Å². The molecule has 0 saturated carbocycles. The fraction of sp³-hybridized carbons (Fsp3) is 0.412. The van der Waals surface area contributed by atoms with Gasteiger partial charge < -0.3 is 5.11 Å². The minimum absolute atomic E-state index is 0.0382. The average Bonchev–Trinajstić information content (AvgIpc) is 2.76. The van der Waals surface area contributed by atoms with Crippen LogP contribution in [0.4, 0.5) is 0 Å². The molecule has 1 aromatic carbocycles. The number of ketones is 1. The van der Waals surface area contributed by atoms with Gasteiger partial charge in [0.1, 0.15) is 5.69 Å². The number of carbonyl (C=O) groups excluding carboxylic acids is 1. The lowest BCUT2D eigenvalue weighted by atomic mass is 10.0. The Morgan fingerprint density at radius 2 is 1.90 bits per heavy atom. The molecule has 0 radical (unpaired) electrons. The van der Waals surface area contributed by atoms with E-state index in [4.69, 9.17) is 0 Å². The molecule has 4 heteroatoms. The Morgan fingerprint density at radius 1 is 1.24 bits per heavy atom. The van der Waals surface area contributed by atoms with Crippen molar-refractivity contribution in [3.8, 4) is 17.0 Å². The molecule has 0 fully saturated rings. The molecule has 0 aliphatic rings. The van der Waals surface area contributed by atoms with E-state index in [0.717, 1.165) is 12.0 Å². The van der Waals surface area contributed by atoms with E-state index in [1.54, 1.807) is 11.7 Å². The van der Waals surface area contributed by atoms with E-state index in [9.17, 15) is 9.90 Å². The number of carbonyl (C=O) groups is 1. The van der Waals surface area contributed by atoms with Gasteiger partial charge in [-0.25, -0.2) is 0 Å². The third-order valence-corrected chi connectivity index (χ3v) is 3.65. The number of aromatic nitrogens is 2. The van der Waals surface area contributed by atoms with Crippen LogP contribution in [0.3, 0.4) is 0 Å². The van der Waals surface area contributed by atoms with Crippen LogP contribution in [-0.2, 0) is 13.5 Å². The summed E-state index contributed by atoms with van der Waals surface area (Å²) in [6.45, 7) is 3.60. The zero-order valence-electron chi connectivity index (χ0n) is 12.9. The van der Waals surface area contributed by atoms with Crippen LogP contribution >= 0.6 is 0 Å². The topological polar surface area (TPSA) is 55.1 Å². The second kappa shape index (κ2) is 6.57. The molecule has 112 valence electrons. The van der Waals surface area contributed by atoms with Crippen LogP contribution in [0.1, 0.15) is 49.2 Å². The third-order valence-electron chi connectivity index (χ3n) is 3.65. The molecule has 2 aromatic rings. The second-order valence-electron chi connectivity index (χ2n) is 5.38. The monoisotopic (exact) mass is 286 g/mol. The highest BCUT2D eigenvalue weighted by Gasteiger charge is 2.19. The minimum atomic E-state index is -0.231. The predicted octanol–water partition coefficient (Wildman–Crippen LogP) is 3.73. The molecule has 0 amide bonds. The summed E-state index contributed by atoms with van der Waals surface area (Å²) in [7, 11) is 1.73. The zero-order chi connectivity index (χ0) is 15.4. The first-order chi connectivity index (χ1) is 10.0. The van der Waals surface area contributed by atoms with Gasteiger partial charge in [0, 0.05) is 19.5 Å². The number of hydrogen-bond acceptors (Lipinski definition) is 3. The highest BCUT2D eigenvalue weighted by atomic mass is 16.3. The molecule has 0 saturated heterocycles. The first kappa shape index (κ1) is 15.3. The van der Waals surface area contributed by atoms with E-state index in [2.05, 4.69) is 24.2 Å².